The fraction of sp³-hybridized carbons (Fsp3) is 0.722. The van der Waals surface area contributed by atoms with Crippen LogP contribution in [0.5, 0.6) is 0 Å². The average molecular weight is 314 g/mol. The summed E-state index contributed by atoms with van der Waals surface area (Å²) in [6.07, 6.45) is 11.0. The van der Waals surface area contributed by atoms with Gasteiger partial charge in [-0.2, -0.15) is 0 Å². The molecule has 1 aliphatic carbocycles. The van der Waals surface area contributed by atoms with E-state index in [0.717, 1.165) is 55.9 Å². The predicted octanol–water partition coefficient (Wildman–Crippen LogP) is 2.37. The average Bonchev–Trinajstić information content (AvgIpc) is 3.15. The Balaban J connectivity index is 1.45. The van der Waals surface area contributed by atoms with E-state index in [1.54, 1.807) is 0 Å². The Labute approximate surface area is 137 Å². The minimum atomic E-state index is 0.258. The van der Waals surface area contributed by atoms with E-state index in [1.807, 2.05) is 11.1 Å². The number of carbonyl (C=O) groups excluding carboxylic acids is 1. The van der Waals surface area contributed by atoms with Crippen LogP contribution in [-0.2, 0) is 17.8 Å². The second kappa shape index (κ2) is 6.56. The molecule has 2 aliphatic heterocycles. The van der Waals surface area contributed by atoms with Crippen molar-refractivity contribution in [2.24, 2.45) is 5.92 Å². The van der Waals surface area contributed by atoms with E-state index in [0.29, 0.717) is 18.5 Å². The highest BCUT2D eigenvalue weighted by molar-refractivity contribution is 5.79. The molecule has 0 radical (unpaired) electrons. The number of aromatic nitrogens is 2. The third kappa shape index (κ3) is 3.11. The molecule has 2 fully saturated rings. The molecule has 0 unspecified atom stereocenters. The molecule has 0 aromatic carbocycles. The number of carbonyl (C=O) groups is 1. The van der Waals surface area contributed by atoms with Crippen molar-refractivity contribution < 1.29 is 4.79 Å². The lowest BCUT2D eigenvalue weighted by Gasteiger charge is -2.32. The first kappa shape index (κ1) is 15.1. The highest BCUT2D eigenvalue weighted by atomic mass is 16.2. The smallest absolute Gasteiger partial charge is 0.225 e. The standard InChI is InChI=1S/C18H26N4O/c23-18(13-5-2-1-3-6-13)22-10-8-15-14(12-22)11-20-17(21-15)16-7-4-9-19-16/h11,13,16,19H,1-10,12H2/t16-/m0/s1. The molecule has 3 heterocycles. The van der Waals surface area contributed by atoms with Crippen molar-refractivity contribution in [3.05, 3.63) is 23.3 Å². The molecule has 1 aromatic rings. The maximum Gasteiger partial charge on any atom is 0.225 e. The van der Waals surface area contributed by atoms with Crippen LogP contribution in [0.4, 0.5) is 0 Å². The van der Waals surface area contributed by atoms with Gasteiger partial charge in [0.15, 0.2) is 0 Å². The van der Waals surface area contributed by atoms with Crippen LogP contribution in [0.25, 0.3) is 0 Å². The highest BCUT2D eigenvalue weighted by Gasteiger charge is 2.29. The number of hydrogen-bond donors (Lipinski definition) is 1. The normalized spacial score (nSPS) is 25.4. The van der Waals surface area contributed by atoms with E-state index < -0.39 is 0 Å². The molecule has 1 saturated carbocycles. The third-order valence-electron chi connectivity index (χ3n) is 5.59. The van der Waals surface area contributed by atoms with Crippen LogP contribution < -0.4 is 5.32 Å². The Bertz CT molecular complexity index is 576. The van der Waals surface area contributed by atoms with Crippen molar-refractivity contribution in [1.82, 2.24) is 20.2 Å². The molecule has 1 saturated heterocycles. The van der Waals surface area contributed by atoms with Crippen LogP contribution in [0.1, 0.15) is 68.1 Å². The number of hydrogen-bond acceptors (Lipinski definition) is 4. The molecule has 5 nitrogen and oxygen atoms in total. The Morgan fingerprint density at radius 2 is 2.04 bits per heavy atom. The van der Waals surface area contributed by atoms with Crippen molar-refractivity contribution in [3.8, 4) is 0 Å². The van der Waals surface area contributed by atoms with Crippen LogP contribution in [0.2, 0.25) is 0 Å². The summed E-state index contributed by atoms with van der Waals surface area (Å²) >= 11 is 0. The summed E-state index contributed by atoms with van der Waals surface area (Å²) in [5, 5.41) is 3.46. The zero-order valence-corrected chi connectivity index (χ0v) is 13.8. The minimum Gasteiger partial charge on any atom is -0.338 e. The number of rotatable bonds is 2. The van der Waals surface area contributed by atoms with Gasteiger partial charge >= 0.3 is 0 Å². The van der Waals surface area contributed by atoms with Gasteiger partial charge in [0.1, 0.15) is 5.82 Å². The maximum atomic E-state index is 12.7. The molecular weight excluding hydrogens is 288 g/mol. The van der Waals surface area contributed by atoms with Crippen molar-refractivity contribution in [3.63, 3.8) is 0 Å². The summed E-state index contributed by atoms with van der Waals surface area (Å²) in [5.41, 5.74) is 2.29. The van der Waals surface area contributed by atoms with Gasteiger partial charge in [-0.25, -0.2) is 9.97 Å². The highest BCUT2D eigenvalue weighted by Crippen LogP contribution is 2.28. The number of nitrogens with zero attached hydrogens (tertiary/aromatic N) is 3. The summed E-state index contributed by atoms with van der Waals surface area (Å²) in [6.45, 7) is 2.58. The summed E-state index contributed by atoms with van der Waals surface area (Å²) in [4.78, 5) is 24.1. The molecule has 0 spiro atoms. The monoisotopic (exact) mass is 314 g/mol. The van der Waals surface area contributed by atoms with Crippen molar-refractivity contribution in [2.45, 2.75) is 64.0 Å². The van der Waals surface area contributed by atoms with E-state index in [-0.39, 0.29) is 5.92 Å². The van der Waals surface area contributed by atoms with Crippen LogP contribution in [-0.4, -0.2) is 33.9 Å². The molecule has 23 heavy (non-hydrogen) atoms. The predicted molar refractivity (Wildman–Crippen MR) is 87.7 cm³/mol. The van der Waals surface area contributed by atoms with Gasteiger partial charge in [0.25, 0.3) is 0 Å². The van der Waals surface area contributed by atoms with Crippen LogP contribution in [0, 0.1) is 5.92 Å². The Kier molecular flexibility index (Phi) is 4.29. The summed E-state index contributed by atoms with van der Waals surface area (Å²) in [7, 11) is 0. The topological polar surface area (TPSA) is 58.1 Å². The number of fused-ring (bicyclic) bond motifs is 1. The van der Waals surface area contributed by atoms with Crippen LogP contribution in [0.15, 0.2) is 6.20 Å². The zero-order valence-electron chi connectivity index (χ0n) is 13.8. The van der Waals surface area contributed by atoms with Gasteiger partial charge in [-0.3, -0.25) is 4.79 Å². The SMILES string of the molecule is O=C(C1CCCCC1)N1CCc2nc([C@@H]3CCCN3)ncc2C1. The lowest BCUT2D eigenvalue weighted by Crippen LogP contribution is -2.40. The summed E-state index contributed by atoms with van der Waals surface area (Å²) < 4.78 is 0. The van der Waals surface area contributed by atoms with Gasteiger partial charge in [-0.05, 0) is 32.2 Å². The van der Waals surface area contributed by atoms with Gasteiger partial charge in [-0.1, -0.05) is 19.3 Å². The largest absolute Gasteiger partial charge is 0.338 e. The first-order chi connectivity index (χ1) is 11.3. The molecule has 4 rings (SSSR count). The molecule has 3 aliphatic rings. The quantitative estimate of drug-likeness (QED) is 0.910. The Hall–Kier alpha value is -1.49. The molecule has 1 N–H and O–H groups in total. The Morgan fingerprint density at radius 1 is 1.17 bits per heavy atom. The fourth-order valence-electron chi connectivity index (χ4n) is 4.20. The van der Waals surface area contributed by atoms with Crippen molar-refractivity contribution in [1.29, 1.82) is 0 Å². The van der Waals surface area contributed by atoms with Gasteiger partial charge in [0.2, 0.25) is 5.91 Å². The van der Waals surface area contributed by atoms with Gasteiger partial charge in [0, 0.05) is 37.2 Å². The molecule has 5 heteroatoms. The van der Waals surface area contributed by atoms with E-state index >= 15 is 0 Å². The van der Waals surface area contributed by atoms with Crippen molar-refractivity contribution >= 4 is 5.91 Å². The molecule has 0 bridgehead atoms. The Morgan fingerprint density at radius 3 is 2.83 bits per heavy atom. The van der Waals surface area contributed by atoms with E-state index in [4.69, 9.17) is 4.98 Å². The van der Waals surface area contributed by atoms with E-state index in [9.17, 15) is 4.79 Å². The maximum absolute atomic E-state index is 12.7. The lowest BCUT2D eigenvalue weighted by atomic mass is 9.88. The second-order valence-electron chi connectivity index (χ2n) is 7.19. The number of amides is 1. The van der Waals surface area contributed by atoms with E-state index in [1.165, 1.54) is 25.7 Å². The van der Waals surface area contributed by atoms with Gasteiger partial charge in [-0.15, -0.1) is 0 Å². The molecular formula is C18H26N4O. The summed E-state index contributed by atoms with van der Waals surface area (Å²) in [5.74, 6) is 1.55. The molecule has 1 amide bonds. The first-order valence-corrected chi connectivity index (χ1v) is 9.18. The number of nitrogens with one attached hydrogen (secondary N) is 1. The second-order valence-corrected chi connectivity index (χ2v) is 7.19. The zero-order chi connectivity index (χ0) is 15.6. The molecule has 124 valence electrons. The third-order valence-corrected chi connectivity index (χ3v) is 5.59. The minimum absolute atomic E-state index is 0.258. The van der Waals surface area contributed by atoms with Gasteiger partial charge < -0.3 is 10.2 Å². The molecule has 1 aromatic heterocycles. The van der Waals surface area contributed by atoms with E-state index in [2.05, 4.69) is 10.3 Å². The van der Waals surface area contributed by atoms with Crippen LogP contribution >= 0.6 is 0 Å². The summed E-state index contributed by atoms with van der Waals surface area (Å²) in [6, 6.07) is 0.321. The van der Waals surface area contributed by atoms with Gasteiger partial charge in [0.05, 0.1) is 11.7 Å². The molecule has 1 atom stereocenters. The first-order valence-electron chi connectivity index (χ1n) is 9.18. The van der Waals surface area contributed by atoms with Crippen LogP contribution in [0.3, 0.4) is 0 Å². The van der Waals surface area contributed by atoms with Crippen molar-refractivity contribution in [2.75, 3.05) is 13.1 Å². The fourth-order valence-corrected chi connectivity index (χ4v) is 4.20. The lowest BCUT2D eigenvalue weighted by molar-refractivity contribution is -0.137.